The number of likely N-dealkylation sites (tertiary alicyclic amines) is 1. The summed E-state index contributed by atoms with van der Waals surface area (Å²) in [5.74, 6) is -6.26. The minimum atomic E-state index is -2.72. The average molecular weight is 678 g/mol. The SMILES string of the molecule is CN(C)c1cc(NC(=O)C2CN(C3C4CCCC3CCC4)C2)c(O)c2c1C[C@H]1C[C@H]3[C@H](N(C)C)C(O)=C(C(N)=O)C(=O)[C@@]3(O)C(O)=C1C2=O. The summed E-state index contributed by atoms with van der Waals surface area (Å²) >= 11 is 0. The van der Waals surface area contributed by atoms with Gasteiger partial charge in [0.25, 0.3) is 5.91 Å². The average Bonchev–Trinajstić information content (AvgIpc) is 2.99. The maximum absolute atomic E-state index is 14.3. The van der Waals surface area contributed by atoms with Crippen molar-refractivity contribution in [2.75, 3.05) is 51.5 Å². The molecule has 3 fully saturated rings. The number of allylic oxidation sites excluding steroid dienone is 1. The van der Waals surface area contributed by atoms with Crippen LogP contribution in [0.4, 0.5) is 11.4 Å². The standard InChI is InChI=1S/C36H47N5O8/c1-39(2)23-13-22(38-35(48)19-14-41(15-19)27-16-7-5-8-17(27)10-6-9-16)29(42)25-20(23)11-18-12-21-28(40(3)4)31(44)26(34(37)47)33(46)36(21,49)32(45)24(18)30(25)43/h13,16-19,21,27-28,42,44-45,49H,5-12,14-15H2,1-4H3,(H2,37,47)(H,38,48)/t16?,17?,18-,21-,27?,28-,36-/m0/s1. The lowest BCUT2D eigenvalue weighted by atomic mass is 9.58. The third-order valence-electron chi connectivity index (χ3n) is 12.4. The number of nitrogens with one attached hydrogen (secondary N) is 1. The molecule has 1 aromatic rings. The van der Waals surface area contributed by atoms with E-state index in [-0.39, 0.29) is 41.5 Å². The molecule has 264 valence electrons. The predicted octanol–water partition coefficient (Wildman–Crippen LogP) is 2.03. The Morgan fingerprint density at radius 3 is 2.16 bits per heavy atom. The molecule has 2 bridgehead atoms. The van der Waals surface area contributed by atoms with Gasteiger partial charge in [0.1, 0.15) is 17.1 Å². The summed E-state index contributed by atoms with van der Waals surface area (Å²) in [5, 5.41) is 49.0. The number of aliphatic hydroxyl groups is 3. The van der Waals surface area contributed by atoms with Crippen molar-refractivity contribution in [1.29, 1.82) is 0 Å². The number of aromatic hydroxyl groups is 1. The lowest BCUT2D eigenvalue weighted by Crippen LogP contribution is -2.63. The van der Waals surface area contributed by atoms with Crippen LogP contribution in [0, 0.1) is 29.6 Å². The molecule has 7 N–H and O–H groups in total. The number of phenols is 1. The number of hydrogen-bond acceptors (Lipinski definition) is 11. The van der Waals surface area contributed by atoms with Crippen molar-refractivity contribution in [3.05, 3.63) is 39.9 Å². The molecule has 0 radical (unpaired) electrons. The zero-order valence-electron chi connectivity index (χ0n) is 28.5. The van der Waals surface area contributed by atoms with Gasteiger partial charge >= 0.3 is 0 Å². The van der Waals surface area contributed by atoms with E-state index in [4.69, 9.17) is 5.73 Å². The normalized spacial score (nSPS) is 33.1. The zero-order valence-corrected chi connectivity index (χ0v) is 28.5. The van der Waals surface area contributed by atoms with E-state index in [0.29, 0.717) is 42.2 Å². The highest BCUT2D eigenvalue weighted by Gasteiger charge is 2.63. The largest absolute Gasteiger partial charge is 0.510 e. The Kier molecular flexibility index (Phi) is 8.11. The van der Waals surface area contributed by atoms with Crippen LogP contribution in [0.5, 0.6) is 5.75 Å². The molecule has 1 saturated heterocycles. The smallest absolute Gasteiger partial charge is 0.255 e. The van der Waals surface area contributed by atoms with E-state index in [0.717, 1.165) is 0 Å². The van der Waals surface area contributed by atoms with Gasteiger partial charge in [-0.25, -0.2) is 0 Å². The van der Waals surface area contributed by atoms with Crippen LogP contribution in [-0.2, 0) is 20.8 Å². The Balaban J connectivity index is 1.21. The molecule has 5 aliphatic carbocycles. The van der Waals surface area contributed by atoms with Gasteiger partial charge in [-0.3, -0.25) is 29.0 Å². The summed E-state index contributed by atoms with van der Waals surface area (Å²) in [4.78, 5) is 59.5. The highest BCUT2D eigenvalue weighted by atomic mass is 16.3. The van der Waals surface area contributed by atoms with Gasteiger partial charge in [0, 0.05) is 50.4 Å². The second kappa shape index (κ2) is 11.8. The molecule has 0 unspecified atom stereocenters. The first-order valence-electron chi connectivity index (χ1n) is 17.4. The van der Waals surface area contributed by atoms with Gasteiger partial charge in [-0.05, 0) is 82.0 Å². The second-order valence-electron chi connectivity index (χ2n) is 15.5. The van der Waals surface area contributed by atoms with Crippen molar-refractivity contribution >= 4 is 34.8 Å². The number of carbonyl (C=O) groups excluding carboxylic acids is 4. The van der Waals surface area contributed by atoms with Gasteiger partial charge in [0.2, 0.25) is 11.7 Å². The van der Waals surface area contributed by atoms with Crippen molar-refractivity contribution in [2.45, 2.75) is 69.1 Å². The van der Waals surface area contributed by atoms with E-state index >= 15 is 0 Å². The number of ketones is 2. The molecule has 13 heteroatoms. The number of fused-ring (bicyclic) bond motifs is 5. The van der Waals surface area contributed by atoms with Gasteiger partial charge in [-0.2, -0.15) is 0 Å². The van der Waals surface area contributed by atoms with Crippen molar-refractivity contribution in [3.63, 3.8) is 0 Å². The molecule has 7 rings (SSSR count). The lowest BCUT2D eigenvalue weighted by Gasteiger charge is -2.53. The topological polar surface area (TPSA) is 197 Å². The molecule has 1 heterocycles. The number of benzene rings is 1. The van der Waals surface area contributed by atoms with Crippen molar-refractivity contribution in [2.24, 2.45) is 35.3 Å². The minimum Gasteiger partial charge on any atom is -0.510 e. The van der Waals surface area contributed by atoms with Crippen LogP contribution < -0.4 is 16.0 Å². The lowest BCUT2D eigenvalue weighted by molar-refractivity contribution is -0.148. The van der Waals surface area contributed by atoms with Crippen LogP contribution in [0.3, 0.4) is 0 Å². The molecule has 13 nitrogen and oxygen atoms in total. The Bertz CT molecular complexity index is 1690. The Morgan fingerprint density at radius 1 is 1.00 bits per heavy atom. The molecular formula is C36H47N5O8. The van der Waals surface area contributed by atoms with Crippen LogP contribution in [0.2, 0.25) is 0 Å². The summed E-state index contributed by atoms with van der Waals surface area (Å²) in [6, 6.07) is 1.11. The molecule has 1 aromatic carbocycles. The fraction of sp³-hybridized carbons (Fsp3) is 0.611. The summed E-state index contributed by atoms with van der Waals surface area (Å²) < 4.78 is 0. The quantitative estimate of drug-likeness (QED) is 0.190. The van der Waals surface area contributed by atoms with Crippen molar-refractivity contribution in [1.82, 2.24) is 9.80 Å². The maximum Gasteiger partial charge on any atom is 0.255 e. The molecule has 1 aliphatic heterocycles. The van der Waals surface area contributed by atoms with Crippen LogP contribution in [0.15, 0.2) is 28.7 Å². The Hall–Kier alpha value is -3.94. The molecule has 2 saturated carbocycles. The number of carbonyl (C=O) groups is 4. The fourth-order valence-electron chi connectivity index (χ4n) is 10.2. The first-order chi connectivity index (χ1) is 23.2. The zero-order chi connectivity index (χ0) is 35.3. The van der Waals surface area contributed by atoms with Crippen LogP contribution in [0.1, 0.15) is 60.9 Å². The van der Waals surface area contributed by atoms with Gasteiger partial charge < -0.3 is 36.4 Å². The van der Waals surface area contributed by atoms with Crippen molar-refractivity contribution < 1.29 is 39.6 Å². The summed E-state index contributed by atoms with van der Waals surface area (Å²) in [6.07, 6.45) is 7.72. The van der Waals surface area contributed by atoms with E-state index in [1.165, 1.54) is 43.4 Å². The third kappa shape index (κ3) is 4.90. The van der Waals surface area contributed by atoms with Gasteiger partial charge in [0.15, 0.2) is 17.1 Å². The summed E-state index contributed by atoms with van der Waals surface area (Å²) in [6.45, 7) is 1.30. The number of phenolic OH excluding ortho intramolecular Hbond substituents is 1. The van der Waals surface area contributed by atoms with E-state index in [1.807, 2.05) is 0 Å². The number of hydrogen-bond donors (Lipinski definition) is 6. The highest BCUT2D eigenvalue weighted by Crippen LogP contribution is 2.54. The van der Waals surface area contributed by atoms with Crippen LogP contribution >= 0.6 is 0 Å². The third-order valence-corrected chi connectivity index (χ3v) is 12.4. The number of aliphatic hydroxyl groups excluding tert-OH is 2. The fourth-order valence-corrected chi connectivity index (χ4v) is 10.2. The number of amides is 2. The predicted molar refractivity (Wildman–Crippen MR) is 180 cm³/mol. The molecule has 49 heavy (non-hydrogen) atoms. The number of rotatable bonds is 6. The maximum atomic E-state index is 14.3. The molecule has 4 atom stereocenters. The number of nitrogens with zero attached hydrogens (tertiary/aromatic N) is 3. The van der Waals surface area contributed by atoms with Gasteiger partial charge in [-0.1, -0.05) is 12.8 Å². The number of primary amides is 1. The Labute approximate surface area is 285 Å². The molecular weight excluding hydrogens is 630 g/mol. The molecule has 0 aromatic heterocycles. The first-order valence-corrected chi connectivity index (χ1v) is 17.4. The van der Waals surface area contributed by atoms with Crippen LogP contribution in [0.25, 0.3) is 0 Å². The Morgan fingerprint density at radius 2 is 1.61 bits per heavy atom. The van der Waals surface area contributed by atoms with Crippen LogP contribution in [-0.4, -0.2) is 113 Å². The number of nitrogens with two attached hydrogens (primary N) is 1. The molecule has 0 spiro atoms. The molecule has 6 aliphatic rings. The highest BCUT2D eigenvalue weighted by molar-refractivity contribution is 6.25. The van der Waals surface area contributed by atoms with E-state index in [9.17, 15) is 39.6 Å². The van der Waals surface area contributed by atoms with E-state index in [2.05, 4.69) is 10.2 Å². The first kappa shape index (κ1) is 33.6. The number of Topliss-reactive ketones (excluding diaryl/α,β-unsaturated/α-hetero) is 2. The number of likely N-dealkylation sites (N-methyl/N-ethyl adjacent to an activating group) is 1. The van der Waals surface area contributed by atoms with Gasteiger partial charge in [-0.15, -0.1) is 0 Å². The minimum absolute atomic E-state index is 0.00122. The van der Waals surface area contributed by atoms with E-state index < -0.39 is 63.8 Å². The monoisotopic (exact) mass is 677 g/mol. The molecule has 2 amide bonds. The van der Waals surface area contributed by atoms with E-state index in [1.54, 1.807) is 39.2 Å². The van der Waals surface area contributed by atoms with Crippen molar-refractivity contribution in [3.8, 4) is 5.75 Å². The second-order valence-corrected chi connectivity index (χ2v) is 15.5. The summed E-state index contributed by atoms with van der Waals surface area (Å²) in [5.41, 5.74) is 2.64. The summed E-state index contributed by atoms with van der Waals surface area (Å²) in [7, 11) is 6.75. The van der Waals surface area contributed by atoms with Gasteiger partial charge in [0.05, 0.1) is 23.2 Å². The number of anilines is 2.